The van der Waals surface area contributed by atoms with Crippen molar-refractivity contribution in [1.82, 2.24) is 29.2 Å². The third-order valence-corrected chi connectivity index (χ3v) is 21.1. The van der Waals surface area contributed by atoms with Crippen molar-refractivity contribution in [3.63, 3.8) is 0 Å². The van der Waals surface area contributed by atoms with E-state index >= 15 is 0 Å². The first-order chi connectivity index (χ1) is 38.7. The molecular formula is C61H110N8O10Si4. The lowest BCUT2D eigenvalue weighted by atomic mass is 9.78. The predicted molar refractivity (Wildman–Crippen MR) is 348 cm³/mol. The van der Waals surface area contributed by atoms with Gasteiger partial charge in [-0.3, -0.25) is 9.59 Å². The van der Waals surface area contributed by atoms with Crippen LogP contribution in [0.4, 0.5) is 11.6 Å². The molecule has 0 amide bonds. The first-order valence-corrected chi connectivity index (χ1v) is 45.2. The minimum Gasteiger partial charge on any atom is -0.466 e. The van der Waals surface area contributed by atoms with E-state index in [0.717, 1.165) is 142 Å². The Morgan fingerprint density at radius 1 is 0.590 bits per heavy atom. The summed E-state index contributed by atoms with van der Waals surface area (Å²) < 4.78 is 43.3. The summed E-state index contributed by atoms with van der Waals surface area (Å²) in [4.78, 5) is 48.3. The van der Waals surface area contributed by atoms with E-state index in [0.29, 0.717) is 65.0 Å². The lowest BCUT2D eigenvalue weighted by Crippen LogP contribution is -2.33. The number of carbonyl (C=O) groups is 3. The van der Waals surface area contributed by atoms with Crippen LogP contribution < -0.4 is 9.80 Å². The van der Waals surface area contributed by atoms with Crippen molar-refractivity contribution in [3.05, 3.63) is 59.7 Å². The maximum Gasteiger partial charge on any atom is 0.330 e. The Kier molecular flexibility index (Phi) is 31.6. The van der Waals surface area contributed by atoms with Crippen LogP contribution in [0, 0.1) is 5.92 Å². The van der Waals surface area contributed by atoms with Gasteiger partial charge in [0.15, 0.2) is 11.3 Å². The molecule has 3 atom stereocenters. The summed E-state index contributed by atoms with van der Waals surface area (Å²) in [6.07, 6.45) is 13.8. The van der Waals surface area contributed by atoms with Crippen LogP contribution >= 0.6 is 0 Å². The molecule has 0 N–H and O–H groups in total. The molecule has 2 aliphatic carbocycles. The fraction of sp³-hybridized carbons (Fsp3) is 0.721. The van der Waals surface area contributed by atoms with E-state index in [1.54, 1.807) is 25.4 Å². The van der Waals surface area contributed by atoms with Crippen LogP contribution in [0.15, 0.2) is 48.3 Å². The smallest absolute Gasteiger partial charge is 0.330 e. The van der Waals surface area contributed by atoms with Gasteiger partial charge in [-0.1, -0.05) is 98.0 Å². The lowest BCUT2D eigenvalue weighted by Gasteiger charge is -2.30. The zero-order valence-corrected chi connectivity index (χ0v) is 57.4. The zero-order chi connectivity index (χ0) is 60.5. The highest BCUT2D eigenvalue weighted by atomic mass is 28.3. The van der Waals surface area contributed by atoms with Gasteiger partial charge in [-0.25, -0.2) is 14.8 Å². The molecule has 0 spiro atoms. The monoisotopic (exact) mass is 1230 g/mol. The maximum atomic E-state index is 12.1. The number of allylic oxidation sites excluding steroid dienone is 1. The van der Waals surface area contributed by atoms with Gasteiger partial charge in [0, 0.05) is 126 Å². The summed E-state index contributed by atoms with van der Waals surface area (Å²) in [5, 5.41) is 9.17. The third-order valence-electron chi connectivity index (χ3n) is 14.2. The van der Waals surface area contributed by atoms with Gasteiger partial charge >= 0.3 is 17.9 Å². The molecule has 0 bridgehead atoms. The minimum absolute atomic E-state index is 0. The van der Waals surface area contributed by atoms with E-state index in [4.69, 9.17) is 38.4 Å². The van der Waals surface area contributed by atoms with Gasteiger partial charge in [-0.15, -0.1) is 0 Å². The number of fused-ring (bicyclic) bond motifs is 2. The summed E-state index contributed by atoms with van der Waals surface area (Å²) in [5.74, 6) is 2.22. The quantitative estimate of drug-likeness (QED) is 0.0120. The van der Waals surface area contributed by atoms with Crippen LogP contribution in [-0.4, -0.2) is 153 Å². The van der Waals surface area contributed by atoms with Gasteiger partial charge in [0.1, 0.15) is 38.6 Å². The van der Waals surface area contributed by atoms with E-state index in [9.17, 15) is 14.4 Å². The molecule has 3 unspecified atom stereocenters. The van der Waals surface area contributed by atoms with E-state index in [-0.39, 0.29) is 31.3 Å². The Balaban J connectivity index is 0.000000392. The normalized spacial score (nSPS) is 17.2. The summed E-state index contributed by atoms with van der Waals surface area (Å²) >= 11 is 0. The maximum absolute atomic E-state index is 12.1. The molecule has 2 saturated carbocycles. The van der Waals surface area contributed by atoms with E-state index < -0.39 is 32.3 Å². The first kappa shape index (κ1) is 73.0. The van der Waals surface area contributed by atoms with Crippen molar-refractivity contribution in [2.24, 2.45) is 5.92 Å². The molecule has 2 aliphatic rings. The predicted octanol–water partition coefficient (Wildman–Crippen LogP) is 13.9. The van der Waals surface area contributed by atoms with Crippen molar-refractivity contribution in [3.8, 4) is 0 Å². The number of rotatable bonds is 30. The van der Waals surface area contributed by atoms with Crippen molar-refractivity contribution >= 4 is 73.1 Å². The number of hydrogen-bond acceptors (Lipinski definition) is 16. The summed E-state index contributed by atoms with van der Waals surface area (Å²) in [7, 11) is -4.73. The van der Waals surface area contributed by atoms with Crippen LogP contribution in [0.5, 0.6) is 0 Å². The topological polar surface area (TPSA) is 183 Å². The lowest BCUT2D eigenvalue weighted by molar-refractivity contribution is -0.144. The van der Waals surface area contributed by atoms with Gasteiger partial charge < -0.3 is 43.0 Å². The molecule has 6 rings (SSSR count). The second-order valence-corrected chi connectivity index (χ2v) is 49.2. The Labute approximate surface area is 503 Å². The second-order valence-electron chi connectivity index (χ2n) is 26.8. The van der Waals surface area contributed by atoms with Crippen molar-refractivity contribution < 1.29 is 47.5 Å². The molecule has 18 nitrogen and oxygen atoms in total. The molecule has 0 aromatic carbocycles. The molecule has 4 aromatic rings. The summed E-state index contributed by atoms with van der Waals surface area (Å²) in [6, 6.07) is 12.7. The highest BCUT2D eigenvalue weighted by molar-refractivity contribution is 6.77. The first-order valence-electron chi connectivity index (χ1n) is 30.3. The average Bonchev–Trinajstić information content (AvgIpc) is 4.22. The Morgan fingerprint density at radius 3 is 1.41 bits per heavy atom. The fourth-order valence-corrected chi connectivity index (χ4v) is 12.5. The van der Waals surface area contributed by atoms with Crippen LogP contribution in [0.25, 0.3) is 11.3 Å². The van der Waals surface area contributed by atoms with Gasteiger partial charge in [-0.05, 0) is 95.8 Å². The van der Waals surface area contributed by atoms with E-state index in [2.05, 4.69) is 115 Å². The second kappa shape index (κ2) is 36.0. The Bertz CT molecular complexity index is 2530. The van der Waals surface area contributed by atoms with Gasteiger partial charge in [0.2, 0.25) is 0 Å². The van der Waals surface area contributed by atoms with Gasteiger partial charge in [-0.2, -0.15) is 19.2 Å². The van der Waals surface area contributed by atoms with Crippen LogP contribution in [0.1, 0.15) is 116 Å². The average molecular weight is 1230 g/mol. The SMILES string of the molecule is C.CCOC(=O)/C=C1/CCCC(c2cc(N(COCC[Si](C)(C)C)COCC[Si](C)(C)C)n3nccc3n2)C1.CCOC(=O)CC1CCCC(c2cc(N(COCC[Si](C)(C)C)COCC[Si](C)(C)C)n3nccc3n2)C1.CCOC(C)=O. The number of nitrogens with zero attached hydrogens (tertiary/aromatic N) is 8. The summed E-state index contributed by atoms with van der Waals surface area (Å²) in [5.41, 5.74) is 4.87. The number of hydrogen-bond donors (Lipinski definition) is 0. The van der Waals surface area contributed by atoms with Crippen LogP contribution in [0.2, 0.25) is 103 Å². The molecular weight excluding hydrogens is 1120 g/mol. The zero-order valence-electron chi connectivity index (χ0n) is 53.4. The van der Waals surface area contributed by atoms with Gasteiger partial charge in [0.25, 0.3) is 0 Å². The highest BCUT2D eigenvalue weighted by Crippen LogP contribution is 2.39. The van der Waals surface area contributed by atoms with Crippen LogP contribution in [0.3, 0.4) is 0 Å². The number of carbonyl (C=O) groups excluding carboxylic acids is 3. The Morgan fingerprint density at radius 2 is 1.01 bits per heavy atom. The van der Waals surface area contributed by atoms with Gasteiger partial charge in [0.05, 0.1) is 32.2 Å². The molecule has 4 heterocycles. The molecule has 470 valence electrons. The molecule has 2 fully saturated rings. The molecule has 0 aliphatic heterocycles. The Hall–Kier alpha value is -4.30. The van der Waals surface area contributed by atoms with Crippen molar-refractivity contribution in [2.45, 2.75) is 207 Å². The fourth-order valence-electron chi connectivity index (χ4n) is 9.49. The highest BCUT2D eigenvalue weighted by Gasteiger charge is 2.29. The van der Waals surface area contributed by atoms with Crippen molar-refractivity contribution in [2.75, 3.05) is 83.0 Å². The number of aromatic nitrogens is 6. The molecule has 0 saturated heterocycles. The van der Waals surface area contributed by atoms with Crippen LogP contribution in [-0.2, 0) is 47.5 Å². The molecule has 22 heteroatoms. The molecule has 4 aromatic heterocycles. The number of esters is 3. The largest absolute Gasteiger partial charge is 0.466 e. The minimum atomic E-state index is -1.18. The van der Waals surface area contributed by atoms with E-state index in [1.807, 2.05) is 35.0 Å². The number of anilines is 2. The standard InChI is InChI=1S/C28H50N4O4Si2.C28H48N4O4Si2.C4H8O2.CH4/c2*1-8-36-28(33)19-23-10-9-11-24(18-23)25-20-27(32-26(30-25)12-13-29-32)31(21-34-14-16-37(2,3)4)22-35-15-17-38(5,6)7;1-3-6-4(2)5;/h12-13,20,23-24H,8-11,14-19,21-22H2,1-7H3;12-13,19-20,24H,8-11,14-18,21-22H2,1-7H3;3H2,1-2H3;1H4/b;23-19-;;. The molecule has 0 radical (unpaired) electrons. The summed E-state index contributed by atoms with van der Waals surface area (Å²) in [6.45, 7) is 41.4. The van der Waals surface area contributed by atoms with Crippen molar-refractivity contribution in [1.29, 1.82) is 0 Å². The number of ether oxygens (including phenoxy) is 7. The third kappa shape index (κ3) is 28.6. The van der Waals surface area contributed by atoms with E-state index in [1.165, 1.54) is 6.92 Å². The molecule has 83 heavy (non-hydrogen) atoms.